The minimum Gasteiger partial charge on any atom is -0.486 e. The number of aromatic carboxylic acids is 1. The lowest BCUT2D eigenvalue weighted by Crippen LogP contribution is -2.04. The van der Waals surface area contributed by atoms with E-state index in [0.29, 0.717) is 0 Å². The molecule has 0 aliphatic heterocycles. The number of hydrogen-bond acceptors (Lipinski definition) is 3. The number of hydrogen-bond donors (Lipinski definition) is 1. The number of para-hydroxylation sites is 1. The van der Waals surface area contributed by atoms with Gasteiger partial charge in [-0.25, -0.2) is 4.79 Å². The molecule has 4 nitrogen and oxygen atoms in total. The average molecular weight is 278 g/mol. The van der Waals surface area contributed by atoms with Gasteiger partial charge in [-0.15, -0.1) is 0 Å². The fourth-order valence-corrected chi connectivity index (χ4v) is 1.91. The van der Waals surface area contributed by atoms with Crippen molar-refractivity contribution in [3.8, 4) is 5.75 Å². The Hall–Kier alpha value is -2.07. The first-order chi connectivity index (χ1) is 9.08. The summed E-state index contributed by atoms with van der Waals surface area (Å²) in [7, 11) is 0. The SMILES string of the molecule is Cc1cncc(COc2c(Cl)cccc2C(=O)O)c1. The van der Waals surface area contributed by atoms with Gasteiger partial charge in [0, 0.05) is 18.0 Å². The standard InChI is InChI=1S/C14H12ClNO3/c1-9-5-10(7-16-6-9)8-19-13-11(14(17)18)3-2-4-12(13)15/h2-7H,8H2,1H3,(H,17,18). The van der Waals surface area contributed by atoms with Crippen LogP contribution in [0, 0.1) is 6.92 Å². The summed E-state index contributed by atoms with van der Waals surface area (Å²) in [5.41, 5.74) is 1.92. The van der Waals surface area contributed by atoms with E-state index in [1.807, 2.05) is 13.0 Å². The Balaban J connectivity index is 2.22. The number of carboxylic acid groups (broad SMARTS) is 1. The van der Waals surface area contributed by atoms with Crippen molar-refractivity contribution in [3.05, 3.63) is 58.4 Å². The number of benzene rings is 1. The van der Waals surface area contributed by atoms with Gasteiger partial charge in [0.15, 0.2) is 5.75 Å². The Labute approximate surface area is 115 Å². The van der Waals surface area contributed by atoms with Gasteiger partial charge in [0.2, 0.25) is 0 Å². The van der Waals surface area contributed by atoms with Crippen LogP contribution in [0.4, 0.5) is 0 Å². The second-order valence-electron chi connectivity index (χ2n) is 4.08. The highest BCUT2D eigenvalue weighted by molar-refractivity contribution is 6.32. The van der Waals surface area contributed by atoms with Gasteiger partial charge in [0.25, 0.3) is 0 Å². The molecule has 0 saturated heterocycles. The maximum atomic E-state index is 11.1. The number of halogens is 1. The Morgan fingerprint density at radius 2 is 2.21 bits per heavy atom. The number of ether oxygens (including phenoxy) is 1. The largest absolute Gasteiger partial charge is 0.486 e. The van der Waals surface area contributed by atoms with Crippen LogP contribution in [-0.2, 0) is 6.61 Å². The van der Waals surface area contributed by atoms with Gasteiger partial charge in [-0.05, 0) is 30.7 Å². The van der Waals surface area contributed by atoms with Gasteiger partial charge in [0.1, 0.15) is 12.2 Å². The van der Waals surface area contributed by atoms with Crippen molar-refractivity contribution in [3.63, 3.8) is 0 Å². The zero-order valence-electron chi connectivity index (χ0n) is 10.3. The van der Waals surface area contributed by atoms with Gasteiger partial charge in [-0.1, -0.05) is 17.7 Å². The summed E-state index contributed by atoms with van der Waals surface area (Å²) >= 11 is 5.97. The van der Waals surface area contributed by atoms with E-state index >= 15 is 0 Å². The molecular formula is C14H12ClNO3. The Morgan fingerprint density at radius 3 is 2.89 bits per heavy atom. The Bertz CT molecular complexity index is 613. The number of rotatable bonds is 4. The molecule has 0 aliphatic rings. The predicted molar refractivity (Wildman–Crippen MR) is 71.7 cm³/mol. The van der Waals surface area contributed by atoms with Gasteiger partial charge >= 0.3 is 5.97 Å². The summed E-state index contributed by atoms with van der Waals surface area (Å²) in [6.07, 6.45) is 3.41. The summed E-state index contributed by atoms with van der Waals surface area (Å²) in [6, 6.07) is 6.55. The van der Waals surface area contributed by atoms with Gasteiger partial charge in [-0.3, -0.25) is 4.98 Å². The smallest absolute Gasteiger partial charge is 0.339 e. The molecule has 98 valence electrons. The fraction of sp³-hybridized carbons (Fsp3) is 0.143. The van der Waals surface area contributed by atoms with Crippen LogP contribution in [0.15, 0.2) is 36.7 Å². The van der Waals surface area contributed by atoms with E-state index in [2.05, 4.69) is 4.98 Å². The minimum absolute atomic E-state index is 0.0492. The normalized spacial score (nSPS) is 10.2. The number of pyridine rings is 1. The summed E-state index contributed by atoms with van der Waals surface area (Å²) in [4.78, 5) is 15.1. The highest BCUT2D eigenvalue weighted by Gasteiger charge is 2.14. The molecule has 0 aliphatic carbocycles. The van der Waals surface area contributed by atoms with Crippen LogP contribution in [0.25, 0.3) is 0 Å². The van der Waals surface area contributed by atoms with E-state index in [4.69, 9.17) is 21.4 Å². The first-order valence-electron chi connectivity index (χ1n) is 5.63. The van der Waals surface area contributed by atoms with Crippen LogP contribution in [0.1, 0.15) is 21.5 Å². The quantitative estimate of drug-likeness (QED) is 0.931. The van der Waals surface area contributed by atoms with Crippen LogP contribution in [0.2, 0.25) is 5.02 Å². The molecule has 2 rings (SSSR count). The Morgan fingerprint density at radius 1 is 1.42 bits per heavy atom. The van der Waals surface area contributed by atoms with E-state index < -0.39 is 5.97 Å². The average Bonchev–Trinajstić information content (AvgIpc) is 2.37. The molecule has 5 heteroatoms. The van der Waals surface area contributed by atoms with Crippen LogP contribution in [0.3, 0.4) is 0 Å². The summed E-state index contributed by atoms with van der Waals surface area (Å²) in [5.74, 6) is -0.891. The van der Waals surface area contributed by atoms with Crippen molar-refractivity contribution in [2.45, 2.75) is 13.5 Å². The van der Waals surface area contributed by atoms with E-state index in [1.165, 1.54) is 6.07 Å². The molecule has 0 fully saturated rings. The number of carboxylic acids is 1. The third-order valence-corrected chi connectivity index (χ3v) is 2.81. The van der Waals surface area contributed by atoms with Gasteiger partial charge in [-0.2, -0.15) is 0 Å². The molecule has 0 spiro atoms. The minimum atomic E-state index is -1.07. The van der Waals surface area contributed by atoms with E-state index in [1.54, 1.807) is 24.5 Å². The second kappa shape index (κ2) is 5.71. The Kier molecular flexibility index (Phi) is 4.02. The van der Waals surface area contributed by atoms with E-state index in [9.17, 15) is 4.79 Å². The highest BCUT2D eigenvalue weighted by Crippen LogP contribution is 2.29. The zero-order valence-corrected chi connectivity index (χ0v) is 11.0. The van der Waals surface area contributed by atoms with Crippen molar-refractivity contribution in [2.75, 3.05) is 0 Å². The first kappa shape index (κ1) is 13.4. The molecule has 0 radical (unpaired) electrons. The molecule has 2 aromatic rings. The zero-order chi connectivity index (χ0) is 13.8. The number of carbonyl (C=O) groups is 1. The molecule has 1 N–H and O–H groups in total. The monoisotopic (exact) mass is 277 g/mol. The lowest BCUT2D eigenvalue weighted by molar-refractivity contribution is 0.0691. The molecule has 1 aromatic heterocycles. The van der Waals surface area contributed by atoms with Crippen molar-refractivity contribution < 1.29 is 14.6 Å². The molecule has 1 aromatic carbocycles. The van der Waals surface area contributed by atoms with E-state index in [0.717, 1.165) is 11.1 Å². The fourth-order valence-electron chi connectivity index (χ4n) is 1.68. The maximum absolute atomic E-state index is 11.1. The summed E-state index contributed by atoms with van der Waals surface area (Å²) in [6.45, 7) is 2.15. The molecule has 0 atom stereocenters. The van der Waals surface area contributed by atoms with Crippen molar-refractivity contribution in [2.24, 2.45) is 0 Å². The van der Waals surface area contributed by atoms with Crippen LogP contribution in [0.5, 0.6) is 5.75 Å². The van der Waals surface area contributed by atoms with Gasteiger partial charge in [0.05, 0.1) is 5.02 Å². The van der Waals surface area contributed by atoms with Crippen LogP contribution >= 0.6 is 11.6 Å². The number of aryl methyl sites for hydroxylation is 1. The molecule has 1 heterocycles. The van der Waals surface area contributed by atoms with Gasteiger partial charge < -0.3 is 9.84 Å². The third-order valence-electron chi connectivity index (χ3n) is 2.51. The highest BCUT2D eigenvalue weighted by atomic mass is 35.5. The number of aromatic nitrogens is 1. The topological polar surface area (TPSA) is 59.4 Å². The summed E-state index contributed by atoms with van der Waals surface area (Å²) in [5, 5.41) is 9.36. The predicted octanol–water partition coefficient (Wildman–Crippen LogP) is 3.32. The second-order valence-corrected chi connectivity index (χ2v) is 4.49. The molecule has 0 unspecified atom stereocenters. The molecule has 0 amide bonds. The van der Waals surface area contributed by atoms with Crippen LogP contribution in [-0.4, -0.2) is 16.1 Å². The molecule has 0 bridgehead atoms. The maximum Gasteiger partial charge on any atom is 0.339 e. The van der Waals surface area contributed by atoms with Crippen molar-refractivity contribution in [1.82, 2.24) is 4.98 Å². The summed E-state index contributed by atoms with van der Waals surface area (Å²) < 4.78 is 5.52. The lowest BCUT2D eigenvalue weighted by Gasteiger charge is -2.10. The lowest BCUT2D eigenvalue weighted by atomic mass is 10.2. The molecule has 19 heavy (non-hydrogen) atoms. The number of nitrogens with zero attached hydrogens (tertiary/aromatic N) is 1. The first-order valence-corrected chi connectivity index (χ1v) is 6.01. The van der Waals surface area contributed by atoms with Crippen molar-refractivity contribution >= 4 is 17.6 Å². The van der Waals surface area contributed by atoms with Crippen LogP contribution < -0.4 is 4.74 Å². The molecular weight excluding hydrogens is 266 g/mol. The third kappa shape index (κ3) is 3.23. The van der Waals surface area contributed by atoms with Crippen molar-refractivity contribution in [1.29, 1.82) is 0 Å². The van der Waals surface area contributed by atoms with E-state index in [-0.39, 0.29) is 22.9 Å². The molecule has 0 saturated carbocycles.